The topological polar surface area (TPSA) is 60.6 Å². The first kappa shape index (κ1) is 12.7. The van der Waals surface area contributed by atoms with Crippen LogP contribution in [0.2, 0.25) is 0 Å². The molecule has 5 heteroatoms. The molecule has 0 spiro atoms. The number of nitrogens with two attached hydrogens (primary N) is 1. The molecular formula is C11H19N3O2. The van der Waals surface area contributed by atoms with Crippen LogP contribution in [0.4, 0.5) is 5.82 Å². The van der Waals surface area contributed by atoms with Gasteiger partial charge in [0.25, 0.3) is 0 Å². The third kappa shape index (κ3) is 3.67. The summed E-state index contributed by atoms with van der Waals surface area (Å²) in [5.41, 5.74) is 5.87. The maximum Gasteiger partial charge on any atom is 0.214 e. The Hall–Kier alpha value is -1.33. The van der Waals surface area contributed by atoms with Crippen molar-refractivity contribution in [2.75, 3.05) is 39.3 Å². The molecule has 1 rings (SSSR count). The van der Waals surface area contributed by atoms with Crippen LogP contribution in [-0.4, -0.2) is 45.4 Å². The third-order valence-corrected chi connectivity index (χ3v) is 2.20. The fourth-order valence-corrected chi connectivity index (χ4v) is 1.44. The summed E-state index contributed by atoms with van der Waals surface area (Å²) < 4.78 is 10.1. The SMILES string of the molecule is COCC(N)CN(C)c1cccc(OC)n1. The van der Waals surface area contributed by atoms with Crippen molar-refractivity contribution < 1.29 is 9.47 Å². The number of hydrogen-bond donors (Lipinski definition) is 1. The molecule has 1 aromatic rings. The zero-order chi connectivity index (χ0) is 12.0. The summed E-state index contributed by atoms with van der Waals surface area (Å²) in [4.78, 5) is 6.29. The summed E-state index contributed by atoms with van der Waals surface area (Å²) >= 11 is 0. The molecule has 5 nitrogen and oxygen atoms in total. The maximum absolute atomic E-state index is 5.87. The Balaban J connectivity index is 2.61. The van der Waals surface area contributed by atoms with Gasteiger partial charge < -0.3 is 20.1 Å². The van der Waals surface area contributed by atoms with Crippen molar-refractivity contribution in [3.63, 3.8) is 0 Å². The lowest BCUT2D eigenvalue weighted by Gasteiger charge is -2.22. The van der Waals surface area contributed by atoms with Crippen LogP contribution < -0.4 is 15.4 Å². The molecular weight excluding hydrogens is 206 g/mol. The predicted molar refractivity (Wildman–Crippen MR) is 63.9 cm³/mol. The summed E-state index contributed by atoms with van der Waals surface area (Å²) in [5, 5.41) is 0. The number of pyridine rings is 1. The number of ether oxygens (including phenoxy) is 2. The minimum Gasteiger partial charge on any atom is -0.481 e. The molecule has 16 heavy (non-hydrogen) atoms. The molecule has 0 radical (unpaired) electrons. The molecule has 1 heterocycles. The average Bonchev–Trinajstić information content (AvgIpc) is 2.29. The summed E-state index contributed by atoms with van der Waals surface area (Å²) in [6.45, 7) is 1.22. The first-order chi connectivity index (χ1) is 7.67. The molecule has 2 N–H and O–H groups in total. The molecule has 1 atom stereocenters. The summed E-state index contributed by atoms with van der Waals surface area (Å²) in [6.07, 6.45) is 0. The Kier molecular flexibility index (Phi) is 5.01. The average molecular weight is 225 g/mol. The lowest BCUT2D eigenvalue weighted by molar-refractivity contribution is 0.181. The molecule has 0 saturated heterocycles. The number of hydrogen-bond acceptors (Lipinski definition) is 5. The fraction of sp³-hybridized carbons (Fsp3) is 0.545. The van der Waals surface area contributed by atoms with E-state index in [0.29, 0.717) is 19.0 Å². The Morgan fingerprint density at radius 2 is 2.19 bits per heavy atom. The molecule has 0 bridgehead atoms. The van der Waals surface area contributed by atoms with Crippen molar-refractivity contribution in [3.8, 4) is 5.88 Å². The van der Waals surface area contributed by atoms with E-state index < -0.39 is 0 Å². The number of anilines is 1. The highest BCUT2D eigenvalue weighted by Gasteiger charge is 2.08. The minimum absolute atomic E-state index is 0.0250. The van der Waals surface area contributed by atoms with Crippen molar-refractivity contribution in [1.82, 2.24) is 4.98 Å². The molecule has 0 amide bonds. The Morgan fingerprint density at radius 1 is 1.44 bits per heavy atom. The molecule has 0 aliphatic rings. The number of methoxy groups -OCH3 is 2. The van der Waals surface area contributed by atoms with E-state index in [0.717, 1.165) is 5.82 Å². The van der Waals surface area contributed by atoms with E-state index in [1.807, 2.05) is 30.1 Å². The molecule has 0 saturated carbocycles. The van der Waals surface area contributed by atoms with Crippen LogP contribution in [0.1, 0.15) is 0 Å². The highest BCUT2D eigenvalue weighted by Crippen LogP contribution is 2.14. The molecule has 0 fully saturated rings. The first-order valence-corrected chi connectivity index (χ1v) is 5.14. The van der Waals surface area contributed by atoms with Gasteiger partial charge in [0.1, 0.15) is 5.82 Å². The lowest BCUT2D eigenvalue weighted by Crippen LogP contribution is -2.38. The van der Waals surface area contributed by atoms with E-state index in [2.05, 4.69) is 4.98 Å². The second-order valence-corrected chi connectivity index (χ2v) is 3.63. The van der Waals surface area contributed by atoms with Gasteiger partial charge in [-0.1, -0.05) is 6.07 Å². The van der Waals surface area contributed by atoms with Gasteiger partial charge in [0.2, 0.25) is 5.88 Å². The highest BCUT2D eigenvalue weighted by molar-refractivity contribution is 5.39. The largest absolute Gasteiger partial charge is 0.481 e. The van der Waals surface area contributed by atoms with Gasteiger partial charge in [-0.05, 0) is 6.07 Å². The van der Waals surface area contributed by atoms with E-state index in [1.165, 1.54) is 0 Å². The minimum atomic E-state index is -0.0250. The van der Waals surface area contributed by atoms with E-state index >= 15 is 0 Å². The number of likely N-dealkylation sites (N-methyl/N-ethyl adjacent to an activating group) is 1. The predicted octanol–water partition coefficient (Wildman–Crippen LogP) is 0.500. The summed E-state index contributed by atoms with van der Waals surface area (Å²) in [6, 6.07) is 5.61. The van der Waals surface area contributed by atoms with Crippen LogP contribution in [0.25, 0.3) is 0 Å². The monoisotopic (exact) mass is 225 g/mol. The van der Waals surface area contributed by atoms with Crippen LogP contribution in [0, 0.1) is 0 Å². The third-order valence-electron chi connectivity index (χ3n) is 2.20. The van der Waals surface area contributed by atoms with Gasteiger partial charge in [-0.15, -0.1) is 0 Å². The van der Waals surface area contributed by atoms with Crippen LogP contribution in [-0.2, 0) is 4.74 Å². The molecule has 1 aromatic heterocycles. The molecule has 0 aliphatic carbocycles. The molecule has 0 aliphatic heterocycles. The van der Waals surface area contributed by atoms with Gasteiger partial charge in [0.05, 0.1) is 13.7 Å². The molecule has 90 valence electrons. The zero-order valence-electron chi connectivity index (χ0n) is 10.0. The number of rotatable bonds is 6. The van der Waals surface area contributed by atoms with Gasteiger partial charge >= 0.3 is 0 Å². The Morgan fingerprint density at radius 3 is 2.81 bits per heavy atom. The highest BCUT2D eigenvalue weighted by atomic mass is 16.5. The molecule has 0 aromatic carbocycles. The van der Waals surface area contributed by atoms with Crippen LogP contribution in [0.3, 0.4) is 0 Å². The van der Waals surface area contributed by atoms with Crippen molar-refractivity contribution in [3.05, 3.63) is 18.2 Å². The van der Waals surface area contributed by atoms with Crippen LogP contribution in [0.5, 0.6) is 5.88 Å². The van der Waals surface area contributed by atoms with Crippen molar-refractivity contribution in [1.29, 1.82) is 0 Å². The fourth-order valence-electron chi connectivity index (χ4n) is 1.44. The lowest BCUT2D eigenvalue weighted by atomic mass is 10.3. The van der Waals surface area contributed by atoms with Gasteiger partial charge in [-0.2, -0.15) is 4.98 Å². The quantitative estimate of drug-likeness (QED) is 0.764. The smallest absolute Gasteiger partial charge is 0.214 e. The number of nitrogens with zero attached hydrogens (tertiary/aromatic N) is 2. The normalized spacial score (nSPS) is 12.2. The van der Waals surface area contributed by atoms with E-state index in [1.54, 1.807) is 14.2 Å². The second-order valence-electron chi connectivity index (χ2n) is 3.63. The van der Waals surface area contributed by atoms with Crippen molar-refractivity contribution in [2.24, 2.45) is 5.73 Å². The van der Waals surface area contributed by atoms with Gasteiger partial charge in [-0.25, -0.2) is 0 Å². The Bertz CT molecular complexity index is 320. The van der Waals surface area contributed by atoms with Gasteiger partial charge in [0.15, 0.2) is 0 Å². The standard InChI is InChI=1S/C11H19N3O2/c1-14(7-9(12)8-15-2)10-5-4-6-11(13-10)16-3/h4-6,9H,7-8,12H2,1-3H3. The number of aromatic nitrogens is 1. The van der Waals surface area contributed by atoms with Crippen LogP contribution in [0.15, 0.2) is 18.2 Å². The summed E-state index contributed by atoms with van der Waals surface area (Å²) in [5.74, 6) is 1.44. The Labute approximate surface area is 96.2 Å². The van der Waals surface area contributed by atoms with E-state index in [-0.39, 0.29) is 6.04 Å². The summed E-state index contributed by atoms with van der Waals surface area (Å²) in [7, 11) is 5.18. The first-order valence-electron chi connectivity index (χ1n) is 5.14. The van der Waals surface area contributed by atoms with Crippen molar-refractivity contribution in [2.45, 2.75) is 6.04 Å². The molecule has 1 unspecified atom stereocenters. The van der Waals surface area contributed by atoms with Gasteiger partial charge in [0, 0.05) is 32.8 Å². The van der Waals surface area contributed by atoms with Gasteiger partial charge in [-0.3, -0.25) is 0 Å². The van der Waals surface area contributed by atoms with E-state index in [4.69, 9.17) is 15.2 Å². The van der Waals surface area contributed by atoms with E-state index in [9.17, 15) is 0 Å². The maximum atomic E-state index is 5.87. The van der Waals surface area contributed by atoms with Crippen LogP contribution >= 0.6 is 0 Å². The second kappa shape index (κ2) is 6.30. The van der Waals surface area contributed by atoms with Crippen molar-refractivity contribution >= 4 is 5.82 Å². The zero-order valence-corrected chi connectivity index (χ0v) is 10.0.